The highest BCUT2D eigenvalue weighted by Gasteiger charge is 2.05. The molecule has 0 radical (unpaired) electrons. The molecular formula is C8H14N2OS. The van der Waals surface area contributed by atoms with Crippen LogP contribution in [0.1, 0.15) is 13.8 Å². The molecule has 0 aromatic carbocycles. The first-order valence-electron chi connectivity index (χ1n) is 3.95. The van der Waals surface area contributed by atoms with Gasteiger partial charge >= 0.3 is 0 Å². The number of hydrogen-bond donors (Lipinski definition) is 1. The van der Waals surface area contributed by atoms with E-state index in [9.17, 15) is 0 Å². The summed E-state index contributed by atoms with van der Waals surface area (Å²) in [5.41, 5.74) is 0. The smallest absolute Gasteiger partial charge is 0.246 e. The predicted octanol–water partition coefficient (Wildman–Crippen LogP) is 1.74. The molecule has 1 rings (SSSR count). The van der Waals surface area contributed by atoms with Crippen LogP contribution in [0.25, 0.3) is 0 Å². The van der Waals surface area contributed by atoms with Gasteiger partial charge in [0, 0.05) is 13.2 Å². The van der Waals surface area contributed by atoms with Crippen LogP contribution in [0.3, 0.4) is 0 Å². The molecule has 0 spiro atoms. The Morgan fingerprint density at radius 2 is 2.33 bits per heavy atom. The van der Waals surface area contributed by atoms with Gasteiger partial charge in [-0.05, 0) is 5.92 Å². The maximum Gasteiger partial charge on any atom is 0.246 e. The van der Waals surface area contributed by atoms with Crippen LogP contribution in [0.2, 0.25) is 0 Å². The third kappa shape index (κ3) is 2.44. The molecule has 0 aliphatic heterocycles. The fourth-order valence-electron chi connectivity index (χ4n) is 0.804. The number of nitrogens with zero attached hydrogens (tertiary/aromatic N) is 2. The van der Waals surface area contributed by atoms with E-state index in [1.54, 1.807) is 4.68 Å². The first-order valence-corrected chi connectivity index (χ1v) is 4.39. The van der Waals surface area contributed by atoms with Gasteiger partial charge in [0.1, 0.15) is 0 Å². The average molecular weight is 186 g/mol. The van der Waals surface area contributed by atoms with Gasteiger partial charge in [-0.2, -0.15) is 0 Å². The maximum atomic E-state index is 5.41. The Morgan fingerprint density at radius 1 is 1.67 bits per heavy atom. The van der Waals surface area contributed by atoms with E-state index in [0.29, 0.717) is 18.4 Å². The van der Waals surface area contributed by atoms with Crippen LogP contribution >= 0.6 is 12.6 Å². The van der Waals surface area contributed by atoms with Crippen LogP contribution < -0.4 is 4.74 Å². The highest BCUT2D eigenvalue weighted by Crippen LogP contribution is 2.19. The summed E-state index contributed by atoms with van der Waals surface area (Å²) in [4.78, 5) is 0.790. The fourth-order valence-corrected chi connectivity index (χ4v) is 1.08. The lowest BCUT2D eigenvalue weighted by Crippen LogP contribution is -2.05. The van der Waals surface area contributed by atoms with Gasteiger partial charge in [0.05, 0.1) is 11.5 Å². The molecule has 68 valence electrons. The van der Waals surface area contributed by atoms with Crippen LogP contribution in [0.4, 0.5) is 0 Å². The highest BCUT2D eigenvalue weighted by atomic mass is 32.1. The molecule has 1 aromatic heterocycles. The Kier molecular flexibility index (Phi) is 3.03. The van der Waals surface area contributed by atoms with Crippen molar-refractivity contribution in [2.24, 2.45) is 13.0 Å². The van der Waals surface area contributed by atoms with E-state index in [2.05, 4.69) is 31.6 Å². The van der Waals surface area contributed by atoms with Crippen molar-refractivity contribution in [2.75, 3.05) is 6.61 Å². The van der Waals surface area contributed by atoms with E-state index in [0.717, 1.165) is 4.90 Å². The summed E-state index contributed by atoms with van der Waals surface area (Å²) < 4.78 is 7.10. The molecule has 0 aliphatic rings. The van der Waals surface area contributed by atoms with Gasteiger partial charge < -0.3 is 4.74 Å². The van der Waals surface area contributed by atoms with Crippen LogP contribution in [-0.4, -0.2) is 16.4 Å². The molecule has 0 amide bonds. The van der Waals surface area contributed by atoms with E-state index in [-0.39, 0.29) is 0 Å². The summed E-state index contributed by atoms with van der Waals surface area (Å²) in [5.74, 6) is 1.13. The number of thiol groups is 1. The van der Waals surface area contributed by atoms with Crippen LogP contribution in [0.5, 0.6) is 5.88 Å². The molecular weight excluding hydrogens is 172 g/mol. The molecule has 4 heteroatoms. The van der Waals surface area contributed by atoms with Crippen molar-refractivity contribution in [3.63, 3.8) is 0 Å². The van der Waals surface area contributed by atoms with Gasteiger partial charge in [0.15, 0.2) is 0 Å². The second-order valence-electron chi connectivity index (χ2n) is 3.20. The van der Waals surface area contributed by atoms with Crippen molar-refractivity contribution in [1.82, 2.24) is 9.78 Å². The molecule has 0 unspecified atom stereocenters. The molecule has 1 heterocycles. The van der Waals surface area contributed by atoms with Gasteiger partial charge in [-0.25, -0.2) is 0 Å². The molecule has 0 aliphatic carbocycles. The second kappa shape index (κ2) is 3.85. The Morgan fingerprint density at radius 3 is 2.75 bits per heavy atom. The largest absolute Gasteiger partial charge is 0.476 e. The van der Waals surface area contributed by atoms with E-state index in [1.165, 1.54) is 0 Å². The number of aryl methyl sites for hydroxylation is 1. The Bertz CT molecular complexity index is 258. The molecule has 12 heavy (non-hydrogen) atoms. The topological polar surface area (TPSA) is 27.1 Å². The summed E-state index contributed by atoms with van der Waals surface area (Å²) in [6.45, 7) is 4.88. The van der Waals surface area contributed by atoms with Crippen molar-refractivity contribution in [2.45, 2.75) is 18.7 Å². The SMILES string of the molecule is CC(C)COc1nn(C)cc1S. The number of hydrogen-bond acceptors (Lipinski definition) is 3. The van der Waals surface area contributed by atoms with Gasteiger partial charge in [0.25, 0.3) is 0 Å². The van der Waals surface area contributed by atoms with E-state index >= 15 is 0 Å². The van der Waals surface area contributed by atoms with E-state index in [4.69, 9.17) is 4.74 Å². The molecule has 0 N–H and O–H groups in total. The monoisotopic (exact) mass is 186 g/mol. The number of rotatable bonds is 3. The standard InChI is InChI=1S/C8H14N2OS/c1-6(2)5-11-8-7(12)4-10(3)9-8/h4,6,12H,5H2,1-3H3. The third-order valence-corrected chi connectivity index (χ3v) is 1.64. The fraction of sp³-hybridized carbons (Fsp3) is 0.625. The molecule has 0 atom stereocenters. The first kappa shape index (κ1) is 9.45. The zero-order chi connectivity index (χ0) is 9.14. The molecule has 0 saturated carbocycles. The van der Waals surface area contributed by atoms with Crippen molar-refractivity contribution >= 4 is 12.6 Å². The minimum atomic E-state index is 0.514. The zero-order valence-corrected chi connectivity index (χ0v) is 8.51. The van der Waals surface area contributed by atoms with Crippen molar-refractivity contribution in [3.05, 3.63) is 6.20 Å². The van der Waals surface area contributed by atoms with E-state index < -0.39 is 0 Å². The van der Waals surface area contributed by atoms with Crippen molar-refractivity contribution in [3.8, 4) is 5.88 Å². The lowest BCUT2D eigenvalue weighted by Gasteiger charge is -2.05. The summed E-state index contributed by atoms with van der Waals surface area (Å²) in [7, 11) is 1.85. The second-order valence-corrected chi connectivity index (χ2v) is 3.68. The quantitative estimate of drug-likeness (QED) is 0.728. The Hall–Kier alpha value is -0.640. The molecule has 1 aromatic rings. The average Bonchev–Trinajstić information content (AvgIpc) is 2.26. The Labute approximate surface area is 78.1 Å². The van der Waals surface area contributed by atoms with E-state index in [1.807, 2.05) is 13.2 Å². The Balaban J connectivity index is 2.57. The van der Waals surface area contributed by atoms with Crippen LogP contribution in [0.15, 0.2) is 11.1 Å². The number of aromatic nitrogens is 2. The predicted molar refractivity (Wildman–Crippen MR) is 50.8 cm³/mol. The number of ether oxygens (including phenoxy) is 1. The summed E-state index contributed by atoms with van der Waals surface area (Å²) in [6.07, 6.45) is 1.82. The lowest BCUT2D eigenvalue weighted by atomic mass is 10.2. The summed E-state index contributed by atoms with van der Waals surface area (Å²) >= 11 is 4.21. The minimum absolute atomic E-state index is 0.514. The minimum Gasteiger partial charge on any atom is -0.476 e. The summed E-state index contributed by atoms with van der Waals surface area (Å²) in [5, 5.41) is 4.10. The first-order chi connectivity index (χ1) is 5.59. The molecule has 0 fully saturated rings. The van der Waals surface area contributed by atoms with Crippen molar-refractivity contribution in [1.29, 1.82) is 0 Å². The van der Waals surface area contributed by atoms with Crippen LogP contribution in [0, 0.1) is 5.92 Å². The molecule has 0 saturated heterocycles. The zero-order valence-electron chi connectivity index (χ0n) is 7.61. The van der Waals surface area contributed by atoms with Crippen molar-refractivity contribution < 1.29 is 4.74 Å². The van der Waals surface area contributed by atoms with Gasteiger partial charge in [-0.15, -0.1) is 17.7 Å². The van der Waals surface area contributed by atoms with Gasteiger partial charge in [-0.3, -0.25) is 4.68 Å². The lowest BCUT2D eigenvalue weighted by molar-refractivity contribution is 0.254. The normalized spacial score (nSPS) is 10.8. The third-order valence-electron chi connectivity index (χ3n) is 1.33. The maximum absolute atomic E-state index is 5.41. The van der Waals surface area contributed by atoms with Gasteiger partial charge in [0.2, 0.25) is 5.88 Å². The summed E-state index contributed by atoms with van der Waals surface area (Å²) in [6, 6.07) is 0. The van der Waals surface area contributed by atoms with Gasteiger partial charge in [-0.1, -0.05) is 13.8 Å². The highest BCUT2D eigenvalue weighted by molar-refractivity contribution is 7.80. The molecule has 0 bridgehead atoms. The molecule has 3 nitrogen and oxygen atoms in total. The van der Waals surface area contributed by atoms with Crippen LogP contribution in [-0.2, 0) is 7.05 Å².